The topological polar surface area (TPSA) is 32.8 Å². The number of carbonyl (C=O) groups excluding carboxylic acids is 1. The van der Waals surface area contributed by atoms with E-state index in [1.807, 2.05) is 37.4 Å². The van der Waals surface area contributed by atoms with Crippen LogP contribution >= 0.6 is 0 Å². The van der Waals surface area contributed by atoms with Crippen molar-refractivity contribution in [2.75, 3.05) is 26.7 Å². The first-order valence-corrected chi connectivity index (χ1v) is 10.3. The summed E-state index contributed by atoms with van der Waals surface area (Å²) in [6.45, 7) is 3.27. The second-order valence-corrected chi connectivity index (χ2v) is 8.42. The maximum Gasteiger partial charge on any atom is 0.227 e. The molecule has 26 heavy (non-hydrogen) atoms. The second-order valence-electron chi connectivity index (χ2n) is 8.42. The smallest absolute Gasteiger partial charge is 0.227 e. The van der Waals surface area contributed by atoms with Crippen LogP contribution in [0.1, 0.15) is 50.5 Å². The van der Waals surface area contributed by atoms with Gasteiger partial charge in [0.05, 0.1) is 12.0 Å². The Balaban J connectivity index is 1.48. The normalized spacial score (nSPS) is 32.2. The van der Waals surface area contributed by atoms with Gasteiger partial charge in [0.15, 0.2) is 0 Å². The predicted molar refractivity (Wildman–Crippen MR) is 103 cm³/mol. The van der Waals surface area contributed by atoms with Gasteiger partial charge in [-0.1, -0.05) is 30.3 Å². The molecule has 3 aliphatic rings. The van der Waals surface area contributed by atoms with Gasteiger partial charge in [0, 0.05) is 25.7 Å². The van der Waals surface area contributed by atoms with Crippen LogP contribution in [0, 0.1) is 0 Å². The maximum atomic E-state index is 13.0. The summed E-state index contributed by atoms with van der Waals surface area (Å²) in [6, 6.07) is 10.9. The van der Waals surface area contributed by atoms with Crippen molar-refractivity contribution in [2.24, 2.45) is 0 Å². The molecule has 1 spiro atoms. The minimum Gasteiger partial charge on any atom is -0.375 e. The van der Waals surface area contributed by atoms with Gasteiger partial charge in [-0.15, -0.1) is 0 Å². The maximum absolute atomic E-state index is 13.0. The average molecular weight is 357 g/mol. The van der Waals surface area contributed by atoms with Crippen molar-refractivity contribution in [1.82, 2.24) is 9.80 Å². The molecule has 1 amide bonds. The van der Waals surface area contributed by atoms with Crippen LogP contribution in [0.3, 0.4) is 0 Å². The summed E-state index contributed by atoms with van der Waals surface area (Å²) < 4.78 is 6.23. The summed E-state index contributed by atoms with van der Waals surface area (Å²) in [6.07, 6.45) is 8.75. The lowest BCUT2D eigenvalue weighted by Gasteiger charge is -2.48. The van der Waals surface area contributed by atoms with E-state index in [-0.39, 0.29) is 11.5 Å². The van der Waals surface area contributed by atoms with Crippen molar-refractivity contribution in [3.8, 4) is 0 Å². The van der Waals surface area contributed by atoms with Gasteiger partial charge in [0.2, 0.25) is 5.91 Å². The number of likely N-dealkylation sites (N-methyl/N-ethyl adjacent to an activating group) is 1. The number of rotatable bonds is 4. The van der Waals surface area contributed by atoms with Crippen LogP contribution in [-0.2, 0) is 16.0 Å². The molecule has 4 rings (SSSR count). The summed E-state index contributed by atoms with van der Waals surface area (Å²) in [4.78, 5) is 17.7. The standard InChI is InChI=1S/C22H32N2O2/c1-23(21(25)16-18-8-3-2-4-9-18)19-10-12-22(11-7-15-26-22)17-20(19)24-13-5-6-14-24/h2-4,8-9,19-20H,5-7,10-17H2,1H3/t19-,20-,22-/m1/s1. The molecule has 4 nitrogen and oxygen atoms in total. The quantitative estimate of drug-likeness (QED) is 0.830. The van der Waals surface area contributed by atoms with Crippen molar-refractivity contribution in [2.45, 2.75) is 69.1 Å². The summed E-state index contributed by atoms with van der Waals surface area (Å²) in [7, 11) is 2.02. The summed E-state index contributed by atoms with van der Waals surface area (Å²) in [5, 5.41) is 0. The fraction of sp³-hybridized carbons (Fsp3) is 0.682. The van der Waals surface area contributed by atoms with E-state index in [4.69, 9.17) is 4.74 Å². The highest BCUT2D eigenvalue weighted by Crippen LogP contribution is 2.42. The summed E-state index contributed by atoms with van der Waals surface area (Å²) >= 11 is 0. The van der Waals surface area contributed by atoms with Crippen molar-refractivity contribution in [1.29, 1.82) is 0 Å². The van der Waals surface area contributed by atoms with E-state index < -0.39 is 0 Å². The number of hydrogen-bond acceptors (Lipinski definition) is 3. The van der Waals surface area contributed by atoms with Gasteiger partial charge in [0.1, 0.15) is 0 Å². The van der Waals surface area contributed by atoms with Crippen LogP contribution in [0.4, 0.5) is 0 Å². The number of likely N-dealkylation sites (tertiary alicyclic amines) is 1. The number of hydrogen-bond donors (Lipinski definition) is 0. The van der Waals surface area contributed by atoms with Crippen molar-refractivity contribution in [3.63, 3.8) is 0 Å². The van der Waals surface area contributed by atoms with Gasteiger partial charge >= 0.3 is 0 Å². The molecule has 1 aromatic carbocycles. The van der Waals surface area contributed by atoms with E-state index in [0.717, 1.165) is 31.4 Å². The highest BCUT2D eigenvalue weighted by molar-refractivity contribution is 5.79. The monoisotopic (exact) mass is 356 g/mol. The number of nitrogens with zero attached hydrogens (tertiary/aromatic N) is 2. The van der Waals surface area contributed by atoms with E-state index in [9.17, 15) is 4.79 Å². The zero-order valence-electron chi connectivity index (χ0n) is 16.0. The molecule has 0 aromatic heterocycles. The molecule has 1 aliphatic carbocycles. The molecule has 2 heterocycles. The molecular weight excluding hydrogens is 324 g/mol. The average Bonchev–Trinajstić information content (AvgIpc) is 3.34. The van der Waals surface area contributed by atoms with Crippen molar-refractivity contribution >= 4 is 5.91 Å². The molecule has 0 N–H and O–H groups in total. The van der Waals surface area contributed by atoms with Crippen molar-refractivity contribution in [3.05, 3.63) is 35.9 Å². The van der Waals surface area contributed by atoms with E-state index in [2.05, 4.69) is 9.80 Å². The van der Waals surface area contributed by atoms with Crippen LogP contribution in [0.15, 0.2) is 30.3 Å². The molecule has 2 aliphatic heterocycles. The number of benzene rings is 1. The van der Waals surface area contributed by atoms with Gasteiger partial charge in [-0.3, -0.25) is 9.69 Å². The first kappa shape index (κ1) is 18.0. The molecule has 0 radical (unpaired) electrons. The van der Waals surface area contributed by atoms with E-state index in [1.54, 1.807) is 0 Å². The summed E-state index contributed by atoms with van der Waals surface area (Å²) in [5.74, 6) is 0.244. The van der Waals surface area contributed by atoms with Crippen LogP contribution < -0.4 is 0 Å². The Morgan fingerprint density at radius 3 is 2.65 bits per heavy atom. The Morgan fingerprint density at radius 1 is 1.19 bits per heavy atom. The number of carbonyl (C=O) groups is 1. The lowest BCUT2D eigenvalue weighted by atomic mass is 9.76. The van der Waals surface area contributed by atoms with Gasteiger partial charge < -0.3 is 9.64 Å². The van der Waals surface area contributed by atoms with Gasteiger partial charge in [-0.25, -0.2) is 0 Å². The van der Waals surface area contributed by atoms with Gasteiger partial charge in [-0.2, -0.15) is 0 Å². The van der Waals surface area contributed by atoms with Crippen LogP contribution in [0.25, 0.3) is 0 Å². The number of amides is 1. The fourth-order valence-electron chi connectivity index (χ4n) is 5.31. The second kappa shape index (κ2) is 7.69. The highest BCUT2D eigenvalue weighted by atomic mass is 16.5. The third-order valence-electron chi connectivity index (χ3n) is 6.80. The molecule has 4 heteroatoms. The van der Waals surface area contributed by atoms with Crippen LogP contribution in [-0.4, -0.2) is 60.1 Å². The molecular formula is C22H32N2O2. The van der Waals surface area contributed by atoms with Crippen LogP contribution in [0.5, 0.6) is 0 Å². The Bertz CT molecular complexity index is 606. The van der Waals surface area contributed by atoms with Crippen LogP contribution in [0.2, 0.25) is 0 Å². The third kappa shape index (κ3) is 3.67. The predicted octanol–water partition coefficient (Wildman–Crippen LogP) is 3.25. The SMILES string of the molecule is CN(C(=O)Cc1ccccc1)[C@@H]1CC[C@]2(CCCO2)C[C@H]1N1CCCC1. The Hall–Kier alpha value is -1.39. The minimum atomic E-state index is 0.0904. The lowest BCUT2D eigenvalue weighted by Crippen LogP contribution is -2.58. The fourth-order valence-corrected chi connectivity index (χ4v) is 5.31. The van der Waals surface area contributed by atoms with Gasteiger partial charge in [-0.05, 0) is 63.6 Å². The minimum absolute atomic E-state index is 0.0904. The van der Waals surface area contributed by atoms with E-state index in [1.165, 1.54) is 38.8 Å². The molecule has 0 bridgehead atoms. The third-order valence-corrected chi connectivity index (χ3v) is 6.80. The van der Waals surface area contributed by atoms with E-state index in [0.29, 0.717) is 18.5 Å². The molecule has 3 fully saturated rings. The van der Waals surface area contributed by atoms with Gasteiger partial charge in [0.25, 0.3) is 0 Å². The Morgan fingerprint density at radius 2 is 1.96 bits per heavy atom. The molecule has 1 aromatic rings. The Kier molecular flexibility index (Phi) is 5.32. The summed E-state index contributed by atoms with van der Waals surface area (Å²) in [5.41, 5.74) is 1.20. The lowest BCUT2D eigenvalue weighted by molar-refractivity contribution is -0.136. The zero-order valence-corrected chi connectivity index (χ0v) is 16.0. The van der Waals surface area contributed by atoms with E-state index >= 15 is 0 Å². The molecule has 142 valence electrons. The highest BCUT2D eigenvalue weighted by Gasteiger charge is 2.47. The molecule has 2 saturated heterocycles. The zero-order chi connectivity index (χ0) is 18.0. The first-order valence-electron chi connectivity index (χ1n) is 10.3. The largest absolute Gasteiger partial charge is 0.375 e. The molecule has 3 atom stereocenters. The Labute approximate surface area is 157 Å². The molecule has 1 saturated carbocycles. The molecule has 0 unspecified atom stereocenters. The van der Waals surface area contributed by atoms with Crippen molar-refractivity contribution < 1.29 is 9.53 Å². The first-order chi connectivity index (χ1) is 12.7. The number of ether oxygens (including phenoxy) is 1.